The fourth-order valence-corrected chi connectivity index (χ4v) is 1.32. The number of aliphatic hydroxyl groups excluding tert-OH is 2. The minimum absolute atomic E-state index is 0.110. The van der Waals surface area contributed by atoms with Crippen molar-refractivity contribution in [1.29, 1.82) is 0 Å². The van der Waals surface area contributed by atoms with Crippen LogP contribution < -0.4 is 0 Å². The maximum atomic E-state index is 8.49. The molecule has 1 heterocycles. The first-order chi connectivity index (χ1) is 5.83. The lowest BCUT2D eigenvalue weighted by Crippen LogP contribution is -2.41. The van der Waals surface area contributed by atoms with E-state index in [1.54, 1.807) is 12.2 Å². The lowest BCUT2D eigenvalue weighted by atomic mass is 9.79. The molecule has 1 aliphatic heterocycles. The minimum Gasteiger partial charge on any atom is -0.516 e. The van der Waals surface area contributed by atoms with E-state index in [1.165, 1.54) is 0 Å². The second-order valence-electron chi connectivity index (χ2n) is 3.17. The Morgan fingerprint density at radius 3 is 1.83 bits per heavy atom. The lowest BCUT2D eigenvalue weighted by molar-refractivity contribution is -0.109. The van der Waals surface area contributed by atoms with Gasteiger partial charge in [0.2, 0.25) is 0 Å². The Bertz CT molecular complexity index is 164. The molecule has 0 atom stereocenters. The van der Waals surface area contributed by atoms with E-state index >= 15 is 0 Å². The Labute approximate surface area is 72.0 Å². The summed E-state index contributed by atoms with van der Waals surface area (Å²) in [6.45, 7) is 1.42. The number of hydrogen-bond donors (Lipinski definition) is 2. The van der Waals surface area contributed by atoms with E-state index in [2.05, 4.69) is 0 Å². The highest BCUT2D eigenvalue weighted by atomic mass is 16.5. The monoisotopic (exact) mass is 170 g/mol. The molecule has 3 nitrogen and oxygen atoms in total. The minimum atomic E-state index is 0.110. The Hall–Kier alpha value is -0.960. The summed E-state index contributed by atoms with van der Waals surface area (Å²) in [5.74, 6) is 0. The third kappa shape index (κ3) is 2.01. The Balaban J connectivity index is 2.39. The number of hydrogen-bond acceptors (Lipinski definition) is 3. The Kier molecular flexibility index (Phi) is 3.17. The molecule has 0 radical (unpaired) electrons. The van der Waals surface area contributed by atoms with Gasteiger partial charge in [-0.15, -0.1) is 0 Å². The summed E-state index contributed by atoms with van der Waals surface area (Å²) < 4.78 is 5.10. The molecule has 0 aliphatic carbocycles. The van der Waals surface area contributed by atoms with E-state index in [1.807, 2.05) is 0 Å². The van der Waals surface area contributed by atoms with Crippen LogP contribution in [0.1, 0.15) is 12.8 Å². The van der Waals surface area contributed by atoms with Crippen molar-refractivity contribution in [2.45, 2.75) is 12.8 Å². The van der Waals surface area contributed by atoms with Gasteiger partial charge < -0.3 is 14.9 Å². The number of allylic oxidation sites excluding steroid dienone is 2. The van der Waals surface area contributed by atoms with E-state index in [0.29, 0.717) is 13.2 Å². The molecular formula is C9H14O3. The van der Waals surface area contributed by atoms with Crippen molar-refractivity contribution in [2.75, 3.05) is 13.2 Å². The molecule has 0 bridgehead atoms. The van der Waals surface area contributed by atoms with E-state index < -0.39 is 0 Å². The van der Waals surface area contributed by atoms with Crippen LogP contribution in [0.2, 0.25) is 0 Å². The first kappa shape index (κ1) is 9.13. The van der Waals surface area contributed by atoms with Gasteiger partial charge in [-0.3, -0.25) is 0 Å². The number of rotatable bonds is 4. The van der Waals surface area contributed by atoms with Crippen LogP contribution >= 0.6 is 0 Å². The van der Waals surface area contributed by atoms with Crippen molar-refractivity contribution in [3.63, 3.8) is 0 Å². The highest BCUT2D eigenvalue weighted by Gasteiger charge is 2.36. The average molecular weight is 170 g/mol. The van der Waals surface area contributed by atoms with Crippen LogP contribution in [0, 0.1) is 5.41 Å². The van der Waals surface area contributed by atoms with Crippen LogP contribution in [-0.4, -0.2) is 23.4 Å². The zero-order valence-corrected chi connectivity index (χ0v) is 6.94. The number of ether oxygens (including phenoxy) is 1. The molecule has 0 amide bonds. The molecule has 1 saturated heterocycles. The molecule has 0 saturated carbocycles. The molecule has 1 fully saturated rings. The smallest absolute Gasteiger partial charge is 0.0752 e. The van der Waals surface area contributed by atoms with Crippen molar-refractivity contribution in [3.8, 4) is 0 Å². The van der Waals surface area contributed by atoms with Gasteiger partial charge in [-0.1, -0.05) is 0 Å². The van der Waals surface area contributed by atoms with Crippen molar-refractivity contribution in [2.24, 2.45) is 5.41 Å². The van der Waals surface area contributed by atoms with Crippen LogP contribution in [-0.2, 0) is 4.74 Å². The van der Waals surface area contributed by atoms with Crippen molar-refractivity contribution >= 4 is 0 Å². The quantitative estimate of drug-likeness (QED) is 0.634. The average Bonchev–Trinajstić information content (AvgIpc) is 2.02. The molecule has 68 valence electrons. The van der Waals surface area contributed by atoms with Crippen LogP contribution in [0.5, 0.6) is 0 Å². The van der Waals surface area contributed by atoms with Crippen LogP contribution in [0.25, 0.3) is 0 Å². The fraction of sp³-hybridized carbons (Fsp3) is 0.556. The highest BCUT2D eigenvalue weighted by Crippen LogP contribution is 2.35. The standard InChI is InChI=1S/C9H14O3/c10-5-1-3-9(4-2-6-11)7-12-8-9/h1-2,5-6,10-11H,3-4,7-8H2. The second kappa shape index (κ2) is 4.16. The molecule has 3 heteroatoms. The van der Waals surface area contributed by atoms with E-state index in [9.17, 15) is 0 Å². The summed E-state index contributed by atoms with van der Waals surface area (Å²) in [5, 5.41) is 17.0. The van der Waals surface area contributed by atoms with Gasteiger partial charge in [-0.05, 0) is 25.0 Å². The Morgan fingerprint density at radius 1 is 1.08 bits per heavy atom. The summed E-state index contributed by atoms with van der Waals surface area (Å²) in [6.07, 6.45) is 7.15. The lowest BCUT2D eigenvalue weighted by Gasteiger charge is -2.40. The summed E-state index contributed by atoms with van der Waals surface area (Å²) in [6, 6.07) is 0. The predicted molar refractivity (Wildman–Crippen MR) is 46.0 cm³/mol. The zero-order valence-electron chi connectivity index (χ0n) is 6.94. The molecule has 0 aromatic rings. The molecule has 12 heavy (non-hydrogen) atoms. The third-order valence-corrected chi connectivity index (χ3v) is 2.13. The number of aliphatic hydroxyl groups is 2. The fourth-order valence-electron chi connectivity index (χ4n) is 1.32. The summed E-state index contributed by atoms with van der Waals surface area (Å²) in [4.78, 5) is 0. The van der Waals surface area contributed by atoms with E-state index in [0.717, 1.165) is 25.4 Å². The van der Waals surface area contributed by atoms with Gasteiger partial charge in [0.25, 0.3) is 0 Å². The molecule has 1 rings (SSSR count). The normalized spacial score (nSPS) is 21.7. The predicted octanol–water partition coefficient (Wildman–Crippen LogP) is 1.93. The highest BCUT2D eigenvalue weighted by molar-refractivity contribution is 4.97. The van der Waals surface area contributed by atoms with Crippen molar-refractivity contribution in [1.82, 2.24) is 0 Å². The van der Waals surface area contributed by atoms with Gasteiger partial charge in [-0.25, -0.2) is 0 Å². The first-order valence-electron chi connectivity index (χ1n) is 3.99. The van der Waals surface area contributed by atoms with Crippen LogP contribution in [0.4, 0.5) is 0 Å². The van der Waals surface area contributed by atoms with Crippen LogP contribution in [0.15, 0.2) is 24.7 Å². The van der Waals surface area contributed by atoms with E-state index in [4.69, 9.17) is 14.9 Å². The Morgan fingerprint density at radius 2 is 1.58 bits per heavy atom. The van der Waals surface area contributed by atoms with E-state index in [-0.39, 0.29) is 5.41 Å². The largest absolute Gasteiger partial charge is 0.516 e. The van der Waals surface area contributed by atoms with Gasteiger partial charge in [0, 0.05) is 5.41 Å². The summed E-state index contributed by atoms with van der Waals surface area (Å²) in [7, 11) is 0. The summed E-state index contributed by atoms with van der Waals surface area (Å²) in [5.41, 5.74) is 0.110. The zero-order chi connectivity index (χ0) is 8.86. The molecule has 0 aromatic carbocycles. The van der Waals surface area contributed by atoms with Gasteiger partial charge in [0.05, 0.1) is 25.7 Å². The van der Waals surface area contributed by atoms with Gasteiger partial charge >= 0.3 is 0 Å². The molecule has 0 aromatic heterocycles. The SMILES string of the molecule is OC=CCC1(CC=CO)COC1. The second-order valence-corrected chi connectivity index (χ2v) is 3.17. The van der Waals surface area contributed by atoms with Crippen molar-refractivity contribution in [3.05, 3.63) is 24.7 Å². The van der Waals surface area contributed by atoms with Gasteiger partial charge in [0.15, 0.2) is 0 Å². The first-order valence-corrected chi connectivity index (χ1v) is 3.99. The molecule has 1 aliphatic rings. The molecular weight excluding hydrogens is 156 g/mol. The van der Waals surface area contributed by atoms with Gasteiger partial charge in [0.1, 0.15) is 0 Å². The summed E-state index contributed by atoms with van der Waals surface area (Å²) >= 11 is 0. The maximum Gasteiger partial charge on any atom is 0.0752 e. The maximum absolute atomic E-state index is 8.49. The van der Waals surface area contributed by atoms with Crippen LogP contribution in [0.3, 0.4) is 0 Å². The third-order valence-electron chi connectivity index (χ3n) is 2.13. The topological polar surface area (TPSA) is 49.7 Å². The van der Waals surface area contributed by atoms with Gasteiger partial charge in [-0.2, -0.15) is 0 Å². The molecule has 2 N–H and O–H groups in total. The molecule has 0 spiro atoms. The molecule has 0 unspecified atom stereocenters. The van der Waals surface area contributed by atoms with Crippen molar-refractivity contribution < 1.29 is 14.9 Å².